The summed E-state index contributed by atoms with van der Waals surface area (Å²) in [6.45, 7) is 2.68. The van der Waals surface area contributed by atoms with Gasteiger partial charge in [0.2, 0.25) is 5.91 Å². The van der Waals surface area contributed by atoms with Crippen LogP contribution in [0.1, 0.15) is 29.6 Å². The van der Waals surface area contributed by atoms with E-state index in [1.54, 1.807) is 30.5 Å². The molecule has 3 unspecified atom stereocenters. The van der Waals surface area contributed by atoms with Gasteiger partial charge in [-0.15, -0.1) is 0 Å². The van der Waals surface area contributed by atoms with E-state index in [0.717, 1.165) is 18.9 Å². The SMILES string of the molecule is COC(=O)C1CCC2C(=O)N(c3ccc(C(=O)N4CCN(c5ccccn5)CC4)cc3)C(=S)NC2C1. The Balaban J connectivity index is 1.22. The summed E-state index contributed by atoms with van der Waals surface area (Å²) in [4.78, 5) is 48.3. The molecule has 1 saturated carbocycles. The maximum Gasteiger partial charge on any atom is 0.308 e. The molecule has 3 heterocycles. The number of rotatable bonds is 4. The Morgan fingerprint density at radius 1 is 1.06 bits per heavy atom. The molecule has 3 aliphatic rings. The Hall–Kier alpha value is -3.53. The molecule has 3 atom stereocenters. The Morgan fingerprint density at radius 3 is 2.47 bits per heavy atom. The number of carbonyl (C=O) groups excluding carboxylic acids is 3. The number of aromatic nitrogens is 1. The van der Waals surface area contributed by atoms with Gasteiger partial charge in [-0.05, 0) is 67.9 Å². The summed E-state index contributed by atoms with van der Waals surface area (Å²) >= 11 is 5.52. The van der Waals surface area contributed by atoms with Crippen LogP contribution >= 0.6 is 12.2 Å². The number of anilines is 2. The number of thiocarbonyl (C=S) groups is 1. The number of methoxy groups -OCH3 is 1. The van der Waals surface area contributed by atoms with Crippen LogP contribution < -0.4 is 15.1 Å². The highest BCUT2D eigenvalue weighted by Gasteiger charge is 2.44. The van der Waals surface area contributed by atoms with Gasteiger partial charge in [0.1, 0.15) is 5.82 Å². The van der Waals surface area contributed by atoms with Crippen molar-refractivity contribution in [3.05, 3.63) is 54.2 Å². The summed E-state index contributed by atoms with van der Waals surface area (Å²) in [6, 6.07) is 12.7. The lowest BCUT2D eigenvalue weighted by Crippen LogP contribution is -2.62. The molecule has 2 aliphatic heterocycles. The topological polar surface area (TPSA) is 95.1 Å². The minimum absolute atomic E-state index is 0.0333. The number of fused-ring (bicyclic) bond motifs is 1. The van der Waals surface area contributed by atoms with Gasteiger partial charge in [0.05, 0.1) is 24.6 Å². The molecule has 5 rings (SSSR count). The Labute approximate surface area is 215 Å². The summed E-state index contributed by atoms with van der Waals surface area (Å²) < 4.78 is 4.88. The first-order valence-electron chi connectivity index (χ1n) is 12.2. The lowest BCUT2D eigenvalue weighted by molar-refractivity contribution is -0.148. The number of hydrogen-bond acceptors (Lipinski definition) is 7. The molecule has 1 aliphatic carbocycles. The summed E-state index contributed by atoms with van der Waals surface area (Å²) in [5.41, 5.74) is 1.20. The second-order valence-corrected chi connectivity index (χ2v) is 9.77. The van der Waals surface area contributed by atoms with Gasteiger partial charge in [-0.3, -0.25) is 19.3 Å². The summed E-state index contributed by atoms with van der Waals surface area (Å²) in [7, 11) is 1.39. The third-order valence-corrected chi connectivity index (χ3v) is 7.65. The van der Waals surface area contributed by atoms with E-state index in [1.807, 2.05) is 23.1 Å². The second-order valence-electron chi connectivity index (χ2n) is 9.38. The molecule has 3 fully saturated rings. The molecule has 0 spiro atoms. The lowest BCUT2D eigenvalue weighted by atomic mass is 9.76. The lowest BCUT2D eigenvalue weighted by Gasteiger charge is -2.43. The summed E-state index contributed by atoms with van der Waals surface area (Å²) in [6.07, 6.45) is 3.51. The van der Waals surface area contributed by atoms with E-state index >= 15 is 0 Å². The monoisotopic (exact) mass is 507 g/mol. The molecule has 9 nitrogen and oxygen atoms in total. The molecule has 2 amide bonds. The maximum atomic E-state index is 13.3. The number of nitrogens with zero attached hydrogens (tertiary/aromatic N) is 4. The Kier molecular flexibility index (Phi) is 6.86. The highest BCUT2D eigenvalue weighted by atomic mass is 32.1. The van der Waals surface area contributed by atoms with Crippen LogP contribution in [0.3, 0.4) is 0 Å². The van der Waals surface area contributed by atoms with Crippen molar-refractivity contribution >= 4 is 46.6 Å². The van der Waals surface area contributed by atoms with Crippen LogP contribution in [0.5, 0.6) is 0 Å². The Bertz CT molecular complexity index is 1150. The smallest absolute Gasteiger partial charge is 0.308 e. The largest absolute Gasteiger partial charge is 0.469 e. The van der Waals surface area contributed by atoms with Crippen LogP contribution in [0.25, 0.3) is 0 Å². The zero-order chi connectivity index (χ0) is 25.2. The predicted octanol–water partition coefficient (Wildman–Crippen LogP) is 2.22. The van der Waals surface area contributed by atoms with Gasteiger partial charge < -0.3 is 19.9 Å². The minimum Gasteiger partial charge on any atom is -0.469 e. The molecule has 10 heteroatoms. The molecular formula is C26H29N5O4S. The third-order valence-electron chi connectivity index (χ3n) is 7.35. The number of pyridine rings is 1. The van der Waals surface area contributed by atoms with Crippen molar-refractivity contribution in [3.63, 3.8) is 0 Å². The molecule has 188 valence electrons. The third kappa shape index (κ3) is 4.65. The van der Waals surface area contributed by atoms with Gasteiger partial charge in [0.15, 0.2) is 5.11 Å². The van der Waals surface area contributed by atoms with Crippen molar-refractivity contribution in [3.8, 4) is 0 Å². The van der Waals surface area contributed by atoms with Crippen molar-refractivity contribution < 1.29 is 19.1 Å². The van der Waals surface area contributed by atoms with Gasteiger partial charge in [-0.25, -0.2) is 4.98 Å². The van der Waals surface area contributed by atoms with Crippen LogP contribution in [0.2, 0.25) is 0 Å². The fourth-order valence-corrected chi connectivity index (χ4v) is 5.70. The first kappa shape index (κ1) is 24.2. The van der Waals surface area contributed by atoms with Gasteiger partial charge in [0, 0.05) is 44.0 Å². The number of piperazine rings is 1. The molecular weight excluding hydrogens is 478 g/mol. The second kappa shape index (κ2) is 10.2. The first-order valence-corrected chi connectivity index (χ1v) is 12.6. The van der Waals surface area contributed by atoms with E-state index in [2.05, 4.69) is 15.2 Å². The highest BCUT2D eigenvalue weighted by molar-refractivity contribution is 7.80. The number of benzene rings is 1. The fraction of sp³-hybridized carbons (Fsp3) is 0.423. The zero-order valence-corrected chi connectivity index (χ0v) is 20.9. The van der Waals surface area contributed by atoms with E-state index in [1.165, 1.54) is 12.0 Å². The van der Waals surface area contributed by atoms with Gasteiger partial charge in [0.25, 0.3) is 5.91 Å². The normalized spacial score (nSPS) is 24.1. The zero-order valence-electron chi connectivity index (χ0n) is 20.1. The molecule has 1 aromatic carbocycles. The number of hydrogen-bond donors (Lipinski definition) is 1. The van der Waals surface area contributed by atoms with E-state index in [4.69, 9.17) is 17.0 Å². The summed E-state index contributed by atoms with van der Waals surface area (Å²) in [5, 5.41) is 3.57. The molecule has 1 aromatic heterocycles. The number of esters is 1. The average molecular weight is 508 g/mol. The summed E-state index contributed by atoms with van der Waals surface area (Å²) in [5.74, 6) is 0.0995. The molecule has 1 N–H and O–H groups in total. The number of carbonyl (C=O) groups is 3. The highest BCUT2D eigenvalue weighted by Crippen LogP contribution is 2.35. The quantitative estimate of drug-likeness (QED) is 0.497. The predicted molar refractivity (Wildman–Crippen MR) is 139 cm³/mol. The van der Waals surface area contributed by atoms with E-state index < -0.39 is 0 Å². The molecule has 36 heavy (non-hydrogen) atoms. The molecule has 0 bridgehead atoms. The number of ether oxygens (including phenoxy) is 1. The molecule has 0 radical (unpaired) electrons. The van der Waals surface area contributed by atoms with Crippen molar-refractivity contribution in [2.24, 2.45) is 11.8 Å². The number of nitrogens with one attached hydrogen (secondary N) is 1. The van der Waals surface area contributed by atoms with Crippen LogP contribution in [-0.4, -0.2) is 72.1 Å². The molecule has 2 aromatic rings. The van der Waals surface area contributed by atoms with Crippen LogP contribution in [0.4, 0.5) is 11.5 Å². The first-order chi connectivity index (χ1) is 17.5. The van der Waals surface area contributed by atoms with Crippen LogP contribution in [-0.2, 0) is 14.3 Å². The van der Waals surface area contributed by atoms with Crippen molar-refractivity contribution in [2.75, 3.05) is 43.1 Å². The van der Waals surface area contributed by atoms with Crippen molar-refractivity contribution in [2.45, 2.75) is 25.3 Å². The fourth-order valence-electron chi connectivity index (χ4n) is 5.36. The number of amides is 2. The standard InChI is InChI=1S/C26H29N5O4S/c1-35-25(34)18-7-10-20-21(16-18)28-26(36)31(24(20)33)19-8-5-17(6-9-19)23(32)30-14-12-29(13-15-30)22-4-2-3-11-27-22/h2-6,8-9,11,18,20-21H,7,10,12-16H2,1H3,(H,28,36). The van der Waals surface area contributed by atoms with Crippen molar-refractivity contribution in [1.82, 2.24) is 15.2 Å². The maximum absolute atomic E-state index is 13.3. The van der Waals surface area contributed by atoms with Gasteiger partial charge in [-0.2, -0.15) is 0 Å². The van der Waals surface area contributed by atoms with E-state index in [9.17, 15) is 14.4 Å². The van der Waals surface area contributed by atoms with Gasteiger partial charge in [-0.1, -0.05) is 6.07 Å². The molecule has 2 saturated heterocycles. The Morgan fingerprint density at radius 2 is 1.81 bits per heavy atom. The van der Waals surface area contributed by atoms with Crippen LogP contribution in [0, 0.1) is 11.8 Å². The average Bonchev–Trinajstić information content (AvgIpc) is 2.93. The van der Waals surface area contributed by atoms with E-state index in [0.29, 0.717) is 48.7 Å². The van der Waals surface area contributed by atoms with Crippen molar-refractivity contribution in [1.29, 1.82) is 0 Å². The van der Waals surface area contributed by atoms with Gasteiger partial charge >= 0.3 is 5.97 Å². The van der Waals surface area contributed by atoms with E-state index in [-0.39, 0.29) is 35.7 Å². The van der Waals surface area contributed by atoms with Crippen LogP contribution in [0.15, 0.2) is 48.7 Å². The minimum atomic E-state index is -0.255.